The zero-order valence-electron chi connectivity index (χ0n) is 15.9. The molecule has 144 valence electrons. The summed E-state index contributed by atoms with van der Waals surface area (Å²) in [4.78, 5) is 25.8. The molecule has 1 heterocycles. The molecule has 0 aromatic heterocycles. The van der Waals surface area contributed by atoms with Crippen LogP contribution in [0.4, 0.5) is 10.5 Å². The number of nitrogens with zero attached hydrogens (tertiary/aromatic N) is 1. The lowest BCUT2D eigenvalue weighted by molar-refractivity contribution is 0.101. The van der Waals surface area contributed by atoms with Gasteiger partial charge in [-0.05, 0) is 59.0 Å². The van der Waals surface area contributed by atoms with Crippen molar-refractivity contribution in [2.24, 2.45) is 5.73 Å². The van der Waals surface area contributed by atoms with Crippen molar-refractivity contribution in [3.05, 3.63) is 87.9 Å². The second kappa shape index (κ2) is 7.57. The second-order valence-electron chi connectivity index (χ2n) is 6.98. The van der Waals surface area contributed by atoms with Gasteiger partial charge in [-0.1, -0.05) is 60.2 Å². The summed E-state index contributed by atoms with van der Waals surface area (Å²) in [5.74, 6) is 0.0109. The Hall–Kier alpha value is -3.37. The van der Waals surface area contributed by atoms with Gasteiger partial charge < -0.3 is 5.73 Å². The molecule has 4 nitrogen and oxygen atoms in total. The summed E-state index contributed by atoms with van der Waals surface area (Å²) in [6, 6.07) is 18.3. The highest BCUT2D eigenvalue weighted by Gasteiger charge is 2.20. The monoisotopic (exact) mass is 402 g/mol. The average Bonchev–Trinajstić information content (AvgIpc) is 2.69. The molecule has 0 saturated heterocycles. The van der Waals surface area contributed by atoms with E-state index in [2.05, 4.69) is 0 Å². The highest BCUT2D eigenvalue weighted by molar-refractivity contribution is 6.30. The molecule has 3 aromatic rings. The van der Waals surface area contributed by atoms with Crippen molar-refractivity contribution in [3.8, 4) is 11.1 Å². The maximum Gasteiger partial charge on any atom is 0.319 e. The Morgan fingerprint density at radius 1 is 0.966 bits per heavy atom. The Morgan fingerprint density at radius 2 is 1.72 bits per heavy atom. The van der Waals surface area contributed by atoms with Crippen molar-refractivity contribution < 1.29 is 9.59 Å². The number of fused-ring (bicyclic) bond motifs is 2. The molecule has 0 saturated carbocycles. The first kappa shape index (κ1) is 19.0. The molecule has 3 aromatic carbocycles. The predicted octanol–water partition coefficient (Wildman–Crippen LogP) is 5.78. The van der Waals surface area contributed by atoms with E-state index in [1.807, 2.05) is 60.7 Å². The molecular weight excluding hydrogens is 384 g/mol. The Kier molecular flexibility index (Phi) is 4.95. The largest absolute Gasteiger partial charge is 0.351 e. The topological polar surface area (TPSA) is 63.4 Å². The summed E-state index contributed by atoms with van der Waals surface area (Å²) in [6.07, 6.45) is 3.93. The Labute approximate surface area is 174 Å². The number of anilines is 1. The molecule has 0 radical (unpaired) electrons. The van der Waals surface area contributed by atoms with Crippen LogP contribution in [0.5, 0.6) is 0 Å². The number of halogens is 1. The lowest BCUT2D eigenvalue weighted by Crippen LogP contribution is -2.36. The van der Waals surface area contributed by atoms with Gasteiger partial charge in [-0.3, -0.25) is 9.69 Å². The van der Waals surface area contributed by atoms with Crippen LogP contribution in [0.25, 0.3) is 23.3 Å². The summed E-state index contributed by atoms with van der Waals surface area (Å²) in [6.45, 7) is 1.88. The smallest absolute Gasteiger partial charge is 0.319 e. The number of amides is 2. The zero-order chi connectivity index (χ0) is 20.5. The fourth-order valence-corrected chi connectivity index (χ4v) is 3.83. The van der Waals surface area contributed by atoms with E-state index >= 15 is 0 Å². The van der Waals surface area contributed by atoms with Crippen molar-refractivity contribution in [2.45, 2.75) is 13.5 Å². The van der Waals surface area contributed by atoms with Gasteiger partial charge in [-0.25, -0.2) is 4.79 Å². The predicted molar refractivity (Wildman–Crippen MR) is 118 cm³/mol. The molecule has 0 fully saturated rings. The van der Waals surface area contributed by atoms with Gasteiger partial charge in [0.25, 0.3) is 0 Å². The molecule has 0 atom stereocenters. The summed E-state index contributed by atoms with van der Waals surface area (Å²) in [7, 11) is 0. The van der Waals surface area contributed by atoms with Gasteiger partial charge in [0.15, 0.2) is 5.78 Å². The third-order valence-electron chi connectivity index (χ3n) is 5.08. The zero-order valence-corrected chi connectivity index (χ0v) is 16.6. The molecule has 1 aliphatic heterocycles. The first-order valence-corrected chi connectivity index (χ1v) is 9.59. The van der Waals surface area contributed by atoms with Gasteiger partial charge in [0.05, 0.1) is 12.2 Å². The van der Waals surface area contributed by atoms with E-state index in [1.165, 1.54) is 4.90 Å². The van der Waals surface area contributed by atoms with Gasteiger partial charge in [-0.2, -0.15) is 0 Å². The van der Waals surface area contributed by atoms with E-state index in [1.54, 1.807) is 19.1 Å². The second-order valence-corrected chi connectivity index (χ2v) is 7.41. The lowest BCUT2D eigenvalue weighted by atomic mass is 9.93. The number of Topliss-reactive ketones (excluding diaryl/α,β-unsaturated/α-hetero) is 1. The number of urea groups is 1. The number of nitrogens with two attached hydrogens (primary N) is 1. The van der Waals surface area contributed by atoms with Crippen LogP contribution in [0.15, 0.2) is 60.7 Å². The Morgan fingerprint density at radius 3 is 2.48 bits per heavy atom. The van der Waals surface area contributed by atoms with Crippen molar-refractivity contribution in [1.29, 1.82) is 0 Å². The van der Waals surface area contributed by atoms with E-state index in [9.17, 15) is 9.59 Å². The summed E-state index contributed by atoms with van der Waals surface area (Å²) in [5, 5.41) is 0.592. The number of carbonyl (C=O) groups excluding carboxylic acids is 2. The van der Waals surface area contributed by atoms with Crippen LogP contribution in [0.3, 0.4) is 0 Å². The molecule has 0 bridgehead atoms. The van der Waals surface area contributed by atoms with E-state index in [4.69, 9.17) is 17.3 Å². The molecule has 2 N–H and O–H groups in total. The summed E-state index contributed by atoms with van der Waals surface area (Å²) < 4.78 is 0. The molecule has 0 aliphatic carbocycles. The standard InChI is InChI=1S/C24H19ClN2O2/c1-15(28)21-4-2-3-5-22(21)17-8-6-16-7-9-18-13-20(25)10-11-23(18)27(24(26)29)14-19(16)12-17/h2-13H,14H2,1H3,(H2,26,29). The van der Waals surface area contributed by atoms with E-state index in [0.717, 1.165) is 27.8 Å². The van der Waals surface area contributed by atoms with Gasteiger partial charge in [-0.15, -0.1) is 0 Å². The minimum absolute atomic E-state index is 0.0109. The van der Waals surface area contributed by atoms with Crippen LogP contribution >= 0.6 is 11.6 Å². The number of benzene rings is 3. The van der Waals surface area contributed by atoms with Crippen molar-refractivity contribution in [2.75, 3.05) is 4.90 Å². The SMILES string of the molecule is CC(=O)c1ccccc1-c1ccc2c(c1)CN(C(N)=O)c1ccc(Cl)cc1C=C2. The number of primary amides is 1. The van der Waals surface area contributed by atoms with E-state index < -0.39 is 6.03 Å². The quantitative estimate of drug-likeness (QED) is 0.552. The van der Waals surface area contributed by atoms with Crippen LogP contribution in [0.2, 0.25) is 5.02 Å². The highest BCUT2D eigenvalue weighted by atomic mass is 35.5. The molecule has 29 heavy (non-hydrogen) atoms. The maximum absolute atomic E-state index is 12.2. The average molecular weight is 403 g/mol. The molecule has 4 rings (SSSR count). The third-order valence-corrected chi connectivity index (χ3v) is 5.31. The van der Waals surface area contributed by atoms with Crippen LogP contribution in [0.1, 0.15) is 34.0 Å². The van der Waals surface area contributed by atoms with Gasteiger partial charge >= 0.3 is 6.03 Å². The fourth-order valence-electron chi connectivity index (χ4n) is 3.65. The van der Waals surface area contributed by atoms with E-state index in [-0.39, 0.29) is 5.78 Å². The first-order valence-electron chi connectivity index (χ1n) is 9.22. The number of carbonyl (C=O) groups is 2. The van der Waals surface area contributed by atoms with Gasteiger partial charge in [0.2, 0.25) is 0 Å². The lowest BCUT2D eigenvalue weighted by Gasteiger charge is -2.26. The van der Waals surface area contributed by atoms with Crippen molar-refractivity contribution >= 4 is 41.3 Å². The summed E-state index contributed by atoms with van der Waals surface area (Å²) >= 11 is 6.13. The minimum atomic E-state index is -0.538. The molecule has 1 aliphatic rings. The van der Waals surface area contributed by atoms with Gasteiger partial charge in [0, 0.05) is 10.6 Å². The number of hydrogen-bond acceptors (Lipinski definition) is 2. The Bertz CT molecular complexity index is 1170. The van der Waals surface area contributed by atoms with Crippen LogP contribution < -0.4 is 10.6 Å². The minimum Gasteiger partial charge on any atom is -0.351 e. The number of ketones is 1. The highest BCUT2D eigenvalue weighted by Crippen LogP contribution is 2.33. The normalized spacial score (nSPS) is 12.6. The molecule has 2 amide bonds. The van der Waals surface area contributed by atoms with Crippen LogP contribution in [-0.2, 0) is 6.54 Å². The fraction of sp³-hybridized carbons (Fsp3) is 0.0833. The van der Waals surface area contributed by atoms with E-state index in [0.29, 0.717) is 22.8 Å². The first-order chi connectivity index (χ1) is 13.9. The number of hydrogen-bond donors (Lipinski definition) is 1. The van der Waals surface area contributed by atoms with Crippen LogP contribution in [0, 0.1) is 0 Å². The third kappa shape index (κ3) is 3.67. The van der Waals surface area contributed by atoms with Crippen molar-refractivity contribution in [1.82, 2.24) is 0 Å². The van der Waals surface area contributed by atoms with Gasteiger partial charge in [0.1, 0.15) is 0 Å². The number of rotatable bonds is 2. The summed E-state index contributed by atoms with van der Waals surface area (Å²) in [5.41, 5.74) is 11.6. The molecule has 0 spiro atoms. The molecule has 0 unspecified atom stereocenters. The molecular formula is C24H19ClN2O2. The van der Waals surface area contributed by atoms with Crippen LogP contribution in [-0.4, -0.2) is 11.8 Å². The Balaban J connectivity index is 1.86. The maximum atomic E-state index is 12.2. The van der Waals surface area contributed by atoms with Crippen molar-refractivity contribution in [3.63, 3.8) is 0 Å². The molecule has 5 heteroatoms.